The number of urea groups is 1. The van der Waals surface area contributed by atoms with E-state index in [9.17, 15) is 9.59 Å². The molecule has 0 bridgehead atoms. The van der Waals surface area contributed by atoms with Gasteiger partial charge in [0.2, 0.25) is 0 Å². The van der Waals surface area contributed by atoms with Crippen molar-refractivity contribution in [2.75, 3.05) is 19.5 Å². The van der Waals surface area contributed by atoms with Crippen LogP contribution in [0.2, 0.25) is 0 Å². The first-order valence-electron chi connectivity index (χ1n) is 6.15. The topological polar surface area (TPSA) is 96.9 Å². The lowest BCUT2D eigenvalue weighted by Gasteiger charge is -2.15. The van der Waals surface area contributed by atoms with Gasteiger partial charge in [-0.1, -0.05) is 6.08 Å². The van der Waals surface area contributed by atoms with Crippen LogP contribution in [0.5, 0.6) is 11.5 Å². The summed E-state index contributed by atoms with van der Waals surface area (Å²) in [6.45, 7) is 3.45. The average molecular weight is 294 g/mol. The fraction of sp³-hybridized carbons (Fsp3) is 0.286. The summed E-state index contributed by atoms with van der Waals surface area (Å²) in [6.07, 6.45) is 1.54. The molecule has 1 rings (SSSR count). The number of aliphatic carboxylic acids is 1. The molecule has 0 aliphatic heterocycles. The van der Waals surface area contributed by atoms with Gasteiger partial charge in [0.25, 0.3) is 0 Å². The van der Waals surface area contributed by atoms with E-state index in [1.54, 1.807) is 18.2 Å². The quantitative estimate of drug-likeness (QED) is 0.667. The maximum absolute atomic E-state index is 11.9. The SMILES string of the molecule is C=CCC(NC(=O)Nc1cc(OC)ccc1OC)C(=O)O. The van der Waals surface area contributed by atoms with Crippen molar-refractivity contribution in [3.8, 4) is 11.5 Å². The van der Waals surface area contributed by atoms with Crippen LogP contribution in [0, 0.1) is 0 Å². The molecule has 114 valence electrons. The molecule has 3 N–H and O–H groups in total. The Labute approximate surface area is 122 Å². The van der Waals surface area contributed by atoms with Crippen molar-refractivity contribution in [1.82, 2.24) is 5.32 Å². The monoisotopic (exact) mass is 294 g/mol. The van der Waals surface area contributed by atoms with Gasteiger partial charge in [-0.3, -0.25) is 0 Å². The minimum atomic E-state index is -1.14. The van der Waals surface area contributed by atoms with E-state index >= 15 is 0 Å². The number of benzene rings is 1. The van der Waals surface area contributed by atoms with Crippen LogP contribution in [0.3, 0.4) is 0 Å². The normalized spacial score (nSPS) is 11.1. The maximum atomic E-state index is 11.9. The van der Waals surface area contributed by atoms with Gasteiger partial charge in [0.1, 0.15) is 17.5 Å². The Morgan fingerprint density at radius 2 is 2.10 bits per heavy atom. The first kappa shape index (κ1) is 16.4. The van der Waals surface area contributed by atoms with Crippen molar-refractivity contribution in [3.05, 3.63) is 30.9 Å². The molecule has 1 aromatic rings. The predicted octanol–water partition coefficient (Wildman–Crippen LogP) is 1.85. The summed E-state index contributed by atoms with van der Waals surface area (Å²) in [5.41, 5.74) is 0.372. The molecule has 0 saturated heterocycles. The first-order chi connectivity index (χ1) is 10.0. The highest BCUT2D eigenvalue weighted by atomic mass is 16.5. The van der Waals surface area contributed by atoms with Gasteiger partial charge < -0.3 is 25.2 Å². The first-order valence-corrected chi connectivity index (χ1v) is 6.15. The Morgan fingerprint density at radius 1 is 1.38 bits per heavy atom. The molecule has 0 fully saturated rings. The van der Waals surface area contributed by atoms with E-state index in [4.69, 9.17) is 14.6 Å². The molecule has 7 heteroatoms. The molecule has 0 aromatic heterocycles. The molecule has 0 saturated carbocycles. The summed E-state index contributed by atoms with van der Waals surface area (Å²) in [4.78, 5) is 22.8. The number of anilines is 1. The van der Waals surface area contributed by atoms with Gasteiger partial charge in [-0.15, -0.1) is 6.58 Å². The molecule has 1 atom stereocenters. The third-order valence-corrected chi connectivity index (χ3v) is 2.66. The van der Waals surface area contributed by atoms with E-state index < -0.39 is 18.0 Å². The molecule has 0 heterocycles. The third-order valence-electron chi connectivity index (χ3n) is 2.66. The third kappa shape index (κ3) is 4.72. The van der Waals surface area contributed by atoms with Gasteiger partial charge in [-0.25, -0.2) is 9.59 Å². The Hall–Kier alpha value is -2.70. The number of carbonyl (C=O) groups is 2. The average Bonchev–Trinajstić information content (AvgIpc) is 2.46. The smallest absolute Gasteiger partial charge is 0.326 e. The minimum Gasteiger partial charge on any atom is -0.497 e. The van der Waals surface area contributed by atoms with Gasteiger partial charge >= 0.3 is 12.0 Å². The van der Waals surface area contributed by atoms with E-state index in [1.165, 1.54) is 20.3 Å². The molecule has 0 aliphatic carbocycles. The van der Waals surface area contributed by atoms with Crippen LogP contribution >= 0.6 is 0 Å². The zero-order valence-corrected chi connectivity index (χ0v) is 11.9. The van der Waals surface area contributed by atoms with Crippen LogP contribution in [0.25, 0.3) is 0 Å². The number of methoxy groups -OCH3 is 2. The van der Waals surface area contributed by atoms with Crippen LogP contribution in [-0.4, -0.2) is 37.4 Å². The maximum Gasteiger partial charge on any atom is 0.326 e. The summed E-state index contributed by atoms with van der Waals surface area (Å²) in [5, 5.41) is 13.8. The molecule has 0 aliphatic rings. The highest BCUT2D eigenvalue weighted by molar-refractivity contribution is 5.93. The van der Waals surface area contributed by atoms with Crippen LogP contribution in [0.1, 0.15) is 6.42 Å². The summed E-state index contributed by atoms with van der Waals surface area (Å²) >= 11 is 0. The summed E-state index contributed by atoms with van der Waals surface area (Å²) in [7, 11) is 2.96. The number of ether oxygens (including phenoxy) is 2. The van der Waals surface area contributed by atoms with Gasteiger partial charge in [-0.05, 0) is 18.6 Å². The number of nitrogens with one attached hydrogen (secondary N) is 2. The molecule has 2 amide bonds. The van der Waals surface area contributed by atoms with E-state index in [1.807, 2.05) is 0 Å². The van der Waals surface area contributed by atoms with Gasteiger partial charge in [0.15, 0.2) is 0 Å². The van der Waals surface area contributed by atoms with Crippen LogP contribution < -0.4 is 20.1 Å². The zero-order valence-electron chi connectivity index (χ0n) is 11.9. The number of rotatable bonds is 7. The van der Waals surface area contributed by atoms with Crippen molar-refractivity contribution in [2.24, 2.45) is 0 Å². The number of carboxylic acids is 1. The Morgan fingerprint density at radius 3 is 2.62 bits per heavy atom. The van der Waals surface area contributed by atoms with Gasteiger partial charge in [0.05, 0.1) is 19.9 Å². The Kier molecular flexibility index (Phi) is 6.06. The fourth-order valence-electron chi connectivity index (χ4n) is 1.62. The second kappa shape index (κ2) is 7.78. The zero-order chi connectivity index (χ0) is 15.8. The van der Waals surface area contributed by atoms with E-state index in [2.05, 4.69) is 17.2 Å². The Balaban J connectivity index is 2.82. The van der Waals surface area contributed by atoms with Crippen molar-refractivity contribution < 1.29 is 24.2 Å². The van der Waals surface area contributed by atoms with E-state index in [-0.39, 0.29) is 6.42 Å². The molecule has 7 nitrogen and oxygen atoms in total. The largest absolute Gasteiger partial charge is 0.497 e. The summed E-state index contributed by atoms with van der Waals surface area (Å²) in [6, 6.07) is 3.18. The van der Waals surface area contributed by atoms with Crippen molar-refractivity contribution in [3.63, 3.8) is 0 Å². The molecule has 0 radical (unpaired) electrons. The molecule has 1 unspecified atom stereocenters. The number of hydrogen-bond acceptors (Lipinski definition) is 4. The fourth-order valence-corrected chi connectivity index (χ4v) is 1.62. The molecule has 1 aromatic carbocycles. The second-order valence-electron chi connectivity index (χ2n) is 4.08. The molecular formula is C14H18N2O5. The number of carbonyl (C=O) groups excluding carboxylic acids is 1. The molecule has 0 spiro atoms. The molecular weight excluding hydrogens is 276 g/mol. The van der Waals surface area contributed by atoms with Crippen LogP contribution in [0.4, 0.5) is 10.5 Å². The van der Waals surface area contributed by atoms with Crippen molar-refractivity contribution in [2.45, 2.75) is 12.5 Å². The molecule has 21 heavy (non-hydrogen) atoms. The van der Waals surface area contributed by atoms with Crippen LogP contribution in [-0.2, 0) is 4.79 Å². The lowest BCUT2D eigenvalue weighted by molar-refractivity contribution is -0.139. The highest BCUT2D eigenvalue weighted by Crippen LogP contribution is 2.28. The second-order valence-corrected chi connectivity index (χ2v) is 4.08. The number of carboxylic acid groups (broad SMARTS) is 1. The standard InChI is InChI=1S/C14H18N2O5/c1-4-5-10(13(17)18)15-14(19)16-11-8-9(20-2)6-7-12(11)21-3/h4,6-8,10H,1,5H2,2-3H3,(H,17,18)(H2,15,16,19). The van der Waals surface area contributed by atoms with Gasteiger partial charge in [-0.2, -0.15) is 0 Å². The van der Waals surface area contributed by atoms with Crippen molar-refractivity contribution in [1.29, 1.82) is 0 Å². The summed E-state index contributed by atoms with van der Waals surface area (Å²) < 4.78 is 10.2. The summed E-state index contributed by atoms with van der Waals surface area (Å²) in [5.74, 6) is -0.170. The van der Waals surface area contributed by atoms with Crippen molar-refractivity contribution >= 4 is 17.7 Å². The number of hydrogen-bond donors (Lipinski definition) is 3. The van der Waals surface area contributed by atoms with Crippen LogP contribution in [0.15, 0.2) is 30.9 Å². The highest BCUT2D eigenvalue weighted by Gasteiger charge is 2.19. The van der Waals surface area contributed by atoms with Gasteiger partial charge in [0, 0.05) is 6.07 Å². The lowest BCUT2D eigenvalue weighted by atomic mass is 10.2. The minimum absolute atomic E-state index is 0.123. The predicted molar refractivity (Wildman–Crippen MR) is 77.9 cm³/mol. The van der Waals surface area contributed by atoms with E-state index in [0.717, 1.165) is 0 Å². The number of amides is 2. The Bertz CT molecular complexity index is 530. The lowest BCUT2D eigenvalue weighted by Crippen LogP contribution is -2.42. The van der Waals surface area contributed by atoms with E-state index in [0.29, 0.717) is 17.2 Å².